The predicted octanol–water partition coefficient (Wildman–Crippen LogP) is 5.80. The Morgan fingerprint density at radius 2 is 1.46 bits per heavy atom. The molecule has 1 aromatic rings. The fourth-order valence-corrected chi connectivity index (χ4v) is 4.40. The first-order chi connectivity index (χ1) is 11.6. The number of amides is 2. The van der Waals surface area contributed by atoms with Gasteiger partial charge in [-0.25, -0.2) is 4.79 Å². The SMILES string of the molecule is Cc1ccc(C)c(NC(=O)N(C2CCCCC2)C2CCCCC2)c1. The maximum atomic E-state index is 13.2. The molecule has 0 aromatic heterocycles. The average Bonchev–Trinajstić information content (AvgIpc) is 2.60. The number of rotatable bonds is 3. The zero-order valence-corrected chi connectivity index (χ0v) is 15.3. The van der Waals surface area contributed by atoms with Gasteiger partial charge in [0.1, 0.15) is 0 Å². The summed E-state index contributed by atoms with van der Waals surface area (Å²) in [7, 11) is 0. The molecule has 24 heavy (non-hydrogen) atoms. The molecule has 2 aliphatic carbocycles. The molecule has 3 nitrogen and oxygen atoms in total. The molecule has 0 radical (unpaired) electrons. The van der Waals surface area contributed by atoms with Crippen LogP contribution in [0.15, 0.2) is 18.2 Å². The summed E-state index contributed by atoms with van der Waals surface area (Å²) < 4.78 is 0. The van der Waals surface area contributed by atoms with Crippen molar-refractivity contribution in [2.45, 2.75) is 90.1 Å². The van der Waals surface area contributed by atoms with Crippen LogP contribution >= 0.6 is 0 Å². The first-order valence-electron chi connectivity index (χ1n) is 9.82. The number of hydrogen-bond donors (Lipinski definition) is 1. The summed E-state index contributed by atoms with van der Waals surface area (Å²) in [5, 5.41) is 3.23. The normalized spacial score (nSPS) is 19.9. The van der Waals surface area contributed by atoms with Crippen LogP contribution in [-0.4, -0.2) is 23.0 Å². The highest BCUT2D eigenvalue weighted by molar-refractivity contribution is 5.90. The van der Waals surface area contributed by atoms with Crippen molar-refractivity contribution in [2.75, 3.05) is 5.32 Å². The van der Waals surface area contributed by atoms with Crippen molar-refractivity contribution in [3.63, 3.8) is 0 Å². The third kappa shape index (κ3) is 4.12. The van der Waals surface area contributed by atoms with E-state index in [-0.39, 0.29) is 6.03 Å². The maximum absolute atomic E-state index is 13.2. The molecule has 2 amide bonds. The molecule has 132 valence electrons. The summed E-state index contributed by atoms with van der Waals surface area (Å²) in [6.45, 7) is 4.15. The van der Waals surface area contributed by atoms with Crippen LogP contribution in [-0.2, 0) is 0 Å². The van der Waals surface area contributed by atoms with Crippen LogP contribution in [0.25, 0.3) is 0 Å². The number of nitrogens with zero attached hydrogens (tertiary/aromatic N) is 1. The molecular weight excluding hydrogens is 296 g/mol. The average molecular weight is 329 g/mol. The van der Waals surface area contributed by atoms with Gasteiger partial charge in [0.25, 0.3) is 0 Å². The second-order valence-electron chi connectivity index (χ2n) is 7.74. The van der Waals surface area contributed by atoms with Crippen molar-refractivity contribution < 1.29 is 4.79 Å². The van der Waals surface area contributed by atoms with E-state index >= 15 is 0 Å². The van der Waals surface area contributed by atoms with Gasteiger partial charge in [-0.2, -0.15) is 0 Å². The highest BCUT2D eigenvalue weighted by Crippen LogP contribution is 2.31. The first kappa shape index (κ1) is 17.3. The van der Waals surface area contributed by atoms with E-state index in [0.717, 1.165) is 11.3 Å². The third-order valence-electron chi connectivity index (χ3n) is 5.81. The molecule has 0 unspecified atom stereocenters. The number of urea groups is 1. The molecule has 3 heteroatoms. The monoisotopic (exact) mass is 328 g/mol. The van der Waals surface area contributed by atoms with Gasteiger partial charge >= 0.3 is 6.03 Å². The van der Waals surface area contributed by atoms with Crippen molar-refractivity contribution >= 4 is 11.7 Å². The largest absolute Gasteiger partial charge is 0.322 e. The van der Waals surface area contributed by atoms with E-state index in [1.54, 1.807) is 0 Å². The smallest absolute Gasteiger partial charge is 0.319 e. The number of nitrogens with one attached hydrogen (secondary N) is 1. The van der Waals surface area contributed by atoms with Crippen molar-refractivity contribution in [3.8, 4) is 0 Å². The molecule has 2 fully saturated rings. The van der Waals surface area contributed by atoms with Gasteiger partial charge in [0.15, 0.2) is 0 Å². The van der Waals surface area contributed by atoms with Gasteiger partial charge < -0.3 is 10.2 Å². The number of hydrogen-bond acceptors (Lipinski definition) is 1. The zero-order chi connectivity index (χ0) is 16.9. The van der Waals surface area contributed by atoms with Crippen molar-refractivity contribution in [3.05, 3.63) is 29.3 Å². The lowest BCUT2D eigenvalue weighted by atomic mass is 9.89. The molecule has 0 saturated heterocycles. The van der Waals surface area contributed by atoms with Crippen LogP contribution in [0.3, 0.4) is 0 Å². The third-order valence-corrected chi connectivity index (χ3v) is 5.81. The number of aryl methyl sites for hydroxylation is 2. The summed E-state index contributed by atoms with van der Waals surface area (Å²) in [6, 6.07) is 7.29. The van der Waals surface area contributed by atoms with E-state index in [4.69, 9.17) is 0 Å². The predicted molar refractivity (Wildman–Crippen MR) is 101 cm³/mol. The molecule has 0 heterocycles. The highest BCUT2D eigenvalue weighted by Gasteiger charge is 2.32. The van der Waals surface area contributed by atoms with Crippen LogP contribution in [0, 0.1) is 13.8 Å². The van der Waals surface area contributed by atoms with E-state index in [0.29, 0.717) is 12.1 Å². The topological polar surface area (TPSA) is 32.3 Å². The molecular formula is C21H32N2O. The molecule has 0 aliphatic heterocycles. The lowest BCUT2D eigenvalue weighted by Gasteiger charge is -2.41. The summed E-state index contributed by atoms with van der Waals surface area (Å²) in [4.78, 5) is 15.4. The number of carbonyl (C=O) groups is 1. The van der Waals surface area contributed by atoms with E-state index < -0.39 is 0 Å². The minimum atomic E-state index is 0.127. The molecule has 1 aromatic carbocycles. The molecule has 2 aliphatic rings. The minimum absolute atomic E-state index is 0.127. The van der Waals surface area contributed by atoms with Crippen molar-refractivity contribution in [1.29, 1.82) is 0 Å². The van der Waals surface area contributed by atoms with Gasteiger partial charge in [-0.05, 0) is 56.7 Å². The lowest BCUT2D eigenvalue weighted by Crippen LogP contribution is -2.50. The van der Waals surface area contributed by atoms with E-state index in [2.05, 4.69) is 42.3 Å². The Hall–Kier alpha value is -1.51. The highest BCUT2D eigenvalue weighted by atomic mass is 16.2. The molecule has 0 atom stereocenters. The summed E-state index contributed by atoms with van der Waals surface area (Å²) in [5.74, 6) is 0. The van der Waals surface area contributed by atoms with Gasteiger partial charge in [0.05, 0.1) is 0 Å². The molecule has 0 spiro atoms. The molecule has 1 N–H and O–H groups in total. The van der Waals surface area contributed by atoms with Crippen LogP contribution in [0.1, 0.15) is 75.3 Å². The first-order valence-corrected chi connectivity index (χ1v) is 9.82. The molecule has 0 bridgehead atoms. The van der Waals surface area contributed by atoms with E-state index in [1.807, 2.05) is 0 Å². The Bertz CT molecular complexity index is 539. The van der Waals surface area contributed by atoms with E-state index in [1.165, 1.54) is 69.8 Å². The maximum Gasteiger partial charge on any atom is 0.322 e. The second-order valence-corrected chi connectivity index (χ2v) is 7.74. The van der Waals surface area contributed by atoms with Crippen LogP contribution in [0.5, 0.6) is 0 Å². The lowest BCUT2D eigenvalue weighted by molar-refractivity contribution is 0.114. The van der Waals surface area contributed by atoms with Crippen LogP contribution in [0.2, 0.25) is 0 Å². The number of benzene rings is 1. The minimum Gasteiger partial charge on any atom is -0.319 e. The Morgan fingerprint density at radius 3 is 2.00 bits per heavy atom. The van der Waals surface area contributed by atoms with Gasteiger partial charge in [0, 0.05) is 17.8 Å². The van der Waals surface area contributed by atoms with Crippen molar-refractivity contribution in [1.82, 2.24) is 4.90 Å². The fraction of sp³-hybridized carbons (Fsp3) is 0.667. The summed E-state index contributed by atoms with van der Waals surface area (Å²) in [5.41, 5.74) is 3.30. The second kappa shape index (κ2) is 8.04. The Labute approximate surface area is 146 Å². The van der Waals surface area contributed by atoms with Gasteiger partial charge in [-0.15, -0.1) is 0 Å². The molecule has 2 saturated carbocycles. The summed E-state index contributed by atoms with van der Waals surface area (Å²) >= 11 is 0. The zero-order valence-electron chi connectivity index (χ0n) is 15.3. The van der Waals surface area contributed by atoms with Gasteiger partial charge in [0.2, 0.25) is 0 Å². The standard InChI is InChI=1S/C21H32N2O/c1-16-13-14-17(2)20(15-16)22-21(24)23(18-9-5-3-6-10-18)19-11-7-4-8-12-19/h13-15,18-19H,3-12H2,1-2H3,(H,22,24). The number of carbonyl (C=O) groups excluding carboxylic acids is 1. The fourth-order valence-electron chi connectivity index (χ4n) is 4.40. The Balaban J connectivity index is 1.78. The van der Waals surface area contributed by atoms with E-state index in [9.17, 15) is 4.79 Å². The van der Waals surface area contributed by atoms with Crippen LogP contribution < -0.4 is 5.32 Å². The molecule has 3 rings (SSSR count). The van der Waals surface area contributed by atoms with Crippen LogP contribution in [0.4, 0.5) is 10.5 Å². The Morgan fingerprint density at radius 1 is 0.917 bits per heavy atom. The Kier molecular flexibility index (Phi) is 5.80. The van der Waals surface area contributed by atoms with Gasteiger partial charge in [-0.1, -0.05) is 50.7 Å². The van der Waals surface area contributed by atoms with Crippen molar-refractivity contribution in [2.24, 2.45) is 0 Å². The summed E-state index contributed by atoms with van der Waals surface area (Å²) in [6.07, 6.45) is 12.4. The van der Waals surface area contributed by atoms with Gasteiger partial charge in [-0.3, -0.25) is 0 Å². The quantitative estimate of drug-likeness (QED) is 0.747. The number of anilines is 1.